The van der Waals surface area contributed by atoms with Gasteiger partial charge in [0.25, 0.3) is 0 Å². The first-order valence-electron chi connectivity index (χ1n) is 9.35. The molecular weight excluding hydrogens is 374 g/mol. The van der Waals surface area contributed by atoms with Gasteiger partial charge < -0.3 is 10.2 Å². The van der Waals surface area contributed by atoms with Crippen LogP contribution in [-0.4, -0.2) is 24.0 Å². The maximum atomic E-state index is 13.8. The predicted octanol–water partition coefficient (Wildman–Crippen LogP) is 4.24. The minimum absolute atomic E-state index is 0.0225. The number of hydrogen-bond acceptors (Lipinski definition) is 4. The van der Waals surface area contributed by atoms with Crippen LogP contribution in [0.3, 0.4) is 0 Å². The lowest BCUT2D eigenvalue weighted by Crippen LogP contribution is -2.38. The molecule has 0 radical (unpaired) electrons. The number of fused-ring (bicyclic) bond motifs is 1. The van der Waals surface area contributed by atoms with E-state index in [1.807, 2.05) is 24.3 Å². The first kappa shape index (κ1) is 18.8. The van der Waals surface area contributed by atoms with Crippen LogP contribution in [-0.2, 0) is 4.79 Å². The fraction of sp³-hybridized carbons (Fsp3) is 0.227. The van der Waals surface area contributed by atoms with Crippen molar-refractivity contribution in [1.29, 1.82) is 5.26 Å². The molecule has 1 N–H and O–H groups in total. The van der Waals surface area contributed by atoms with Crippen molar-refractivity contribution < 1.29 is 13.6 Å². The zero-order valence-corrected chi connectivity index (χ0v) is 15.5. The number of nitriles is 1. The molecule has 3 aromatic rings. The van der Waals surface area contributed by atoms with Crippen molar-refractivity contribution in [2.75, 3.05) is 23.3 Å². The van der Waals surface area contributed by atoms with Crippen LogP contribution in [0.4, 0.5) is 20.2 Å². The summed E-state index contributed by atoms with van der Waals surface area (Å²) in [6.45, 7) is 1.18. The average molecular weight is 392 g/mol. The van der Waals surface area contributed by atoms with Gasteiger partial charge in [0, 0.05) is 36.7 Å². The Balaban J connectivity index is 1.49. The Morgan fingerprint density at radius 3 is 2.66 bits per heavy atom. The summed E-state index contributed by atoms with van der Waals surface area (Å²) >= 11 is 0. The largest absolute Gasteiger partial charge is 0.370 e. The molecule has 0 unspecified atom stereocenters. The predicted molar refractivity (Wildman–Crippen MR) is 106 cm³/mol. The van der Waals surface area contributed by atoms with Crippen molar-refractivity contribution in [2.24, 2.45) is 5.92 Å². The maximum Gasteiger partial charge on any atom is 0.227 e. The number of piperidine rings is 1. The second-order valence-electron chi connectivity index (χ2n) is 7.02. The first-order valence-corrected chi connectivity index (χ1v) is 9.35. The summed E-state index contributed by atoms with van der Waals surface area (Å²) in [6.07, 6.45) is 2.71. The molecule has 2 heterocycles. The van der Waals surface area contributed by atoms with E-state index in [2.05, 4.69) is 21.3 Å². The molecule has 7 heteroatoms. The van der Waals surface area contributed by atoms with Crippen LogP contribution < -0.4 is 10.2 Å². The molecule has 4 rings (SSSR count). The molecule has 0 atom stereocenters. The van der Waals surface area contributed by atoms with Crippen LogP contribution in [0.5, 0.6) is 0 Å². The Labute approximate surface area is 166 Å². The molecule has 29 heavy (non-hydrogen) atoms. The quantitative estimate of drug-likeness (QED) is 0.724. The summed E-state index contributed by atoms with van der Waals surface area (Å²) in [4.78, 5) is 19.0. The topological polar surface area (TPSA) is 69.0 Å². The molecule has 1 aliphatic rings. The summed E-state index contributed by atoms with van der Waals surface area (Å²) in [5.41, 5.74) is 2.13. The normalized spacial score (nSPS) is 14.6. The lowest BCUT2D eigenvalue weighted by Gasteiger charge is -2.34. The highest BCUT2D eigenvalue weighted by atomic mass is 19.1. The number of benzene rings is 2. The Hall–Kier alpha value is -3.53. The number of rotatable bonds is 3. The van der Waals surface area contributed by atoms with Crippen LogP contribution >= 0.6 is 0 Å². The van der Waals surface area contributed by atoms with Gasteiger partial charge in [0.05, 0.1) is 22.5 Å². The molecule has 5 nitrogen and oxygen atoms in total. The highest BCUT2D eigenvalue weighted by molar-refractivity contribution is 5.95. The van der Waals surface area contributed by atoms with E-state index in [0.29, 0.717) is 31.5 Å². The van der Waals surface area contributed by atoms with Gasteiger partial charge in [-0.15, -0.1) is 0 Å². The Morgan fingerprint density at radius 1 is 1.17 bits per heavy atom. The second-order valence-corrected chi connectivity index (χ2v) is 7.02. The molecule has 1 aliphatic heterocycles. The number of pyridine rings is 1. The summed E-state index contributed by atoms with van der Waals surface area (Å²) in [7, 11) is 0. The molecule has 0 aliphatic carbocycles. The third-order valence-corrected chi connectivity index (χ3v) is 5.24. The van der Waals surface area contributed by atoms with Crippen molar-refractivity contribution in [3.05, 3.63) is 65.9 Å². The van der Waals surface area contributed by atoms with Crippen LogP contribution in [0.25, 0.3) is 10.9 Å². The third-order valence-electron chi connectivity index (χ3n) is 5.24. The van der Waals surface area contributed by atoms with Crippen LogP contribution in [0.1, 0.15) is 18.4 Å². The molecule has 1 aromatic heterocycles. The van der Waals surface area contributed by atoms with Crippen LogP contribution in [0.15, 0.2) is 48.7 Å². The van der Waals surface area contributed by atoms with E-state index in [1.165, 1.54) is 6.07 Å². The third kappa shape index (κ3) is 3.74. The van der Waals surface area contributed by atoms with Gasteiger partial charge in [-0.3, -0.25) is 9.78 Å². The second kappa shape index (κ2) is 7.84. The van der Waals surface area contributed by atoms with E-state index < -0.39 is 11.6 Å². The molecule has 1 fully saturated rings. The number of carbonyl (C=O) groups is 1. The van der Waals surface area contributed by atoms with Crippen molar-refractivity contribution >= 4 is 28.2 Å². The van der Waals surface area contributed by atoms with E-state index in [1.54, 1.807) is 6.20 Å². The maximum absolute atomic E-state index is 13.8. The molecule has 0 spiro atoms. The van der Waals surface area contributed by atoms with Gasteiger partial charge in [0.2, 0.25) is 5.91 Å². The van der Waals surface area contributed by atoms with E-state index in [-0.39, 0.29) is 17.5 Å². The number of para-hydroxylation sites is 1. The zero-order chi connectivity index (χ0) is 20.4. The van der Waals surface area contributed by atoms with Gasteiger partial charge in [-0.05, 0) is 31.0 Å². The lowest BCUT2D eigenvalue weighted by molar-refractivity contribution is -0.120. The Bertz CT molecular complexity index is 1120. The van der Waals surface area contributed by atoms with Gasteiger partial charge >= 0.3 is 0 Å². The minimum Gasteiger partial charge on any atom is -0.370 e. The fourth-order valence-electron chi connectivity index (χ4n) is 3.74. The van der Waals surface area contributed by atoms with Gasteiger partial charge in [0.15, 0.2) is 0 Å². The lowest BCUT2D eigenvalue weighted by atomic mass is 9.94. The smallest absolute Gasteiger partial charge is 0.227 e. The highest BCUT2D eigenvalue weighted by Gasteiger charge is 2.27. The Kier molecular flexibility index (Phi) is 5.09. The van der Waals surface area contributed by atoms with Crippen molar-refractivity contribution in [3.8, 4) is 6.07 Å². The number of nitrogens with one attached hydrogen (secondary N) is 1. The average Bonchev–Trinajstić information content (AvgIpc) is 2.75. The SMILES string of the molecule is N#Cc1cnc2ccccc2c1N1CCC(C(=O)Nc2ccc(F)cc2F)CC1. The molecule has 1 saturated heterocycles. The van der Waals surface area contributed by atoms with E-state index >= 15 is 0 Å². The first-order chi connectivity index (χ1) is 14.1. The molecular formula is C22H18F2N4O. The Morgan fingerprint density at radius 2 is 1.93 bits per heavy atom. The molecule has 0 saturated carbocycles. The number of hydrogen-bond donors (Lipinski definition) is 1. The molecule has 1 amide bonds. The standard InChI is InChI=1S/C22H18F2N4O/c23-16-5-6-20(18(24)11-16)27-22(29)14-7-9-28(10-8-14)21-15(12-25)13-26-19-4-2-1-3-17(19)21/h1-6,11,13-14H,7-10H2,(H,27,29). The van der Waals surface area contributed by atoms with Crippen LogP contribution in [0.2, 0.25) is 0 Å². The monoisotopic (exact) mass is 392 g/mol. The molecule has 146 valence electrons. The van der Waals surface area contributed by atoms with Crippen molar-refractivity contribution in [1.82, 2.24) is 4.98 Å². The summed E-state index contributed by atoms with van der Waals surface area (Å²) in [5, 5.41) is 13.0. The highest BCUT2D eigenvalue weighted by Crippen LogP contribution is 2.32. The minimum atomic E-state index is -0.794. The summed E-state index contributed by atoms with van der Waals surface area (Å²) in [5.74, 6) is -2.05. The molecule has 0 bridgehead atoms. The van der Waals surface area contributed by atoms with Crippen molar-refractivity contribution in [2.45, 2.75) is 12.8 Å². The fourth-order valence-corrected chi connectivity index (χ4v) is 3.74. The van der Waals surface area contributed by atoms with Gasteiger partial charge in [-0.25, -0.2) is 8.78 Å². The van der Waals surface area contributed by atoms with Gasteiger partial charge in [-0.2, -0.15) is 5.26 Å². The zero-order valence-electron chi connectivity index (χ0n) is 15.5. The molecule has 2 aromatic carbocycles. The number of amides is 1. The number of nitrogens with zero attached hydrogens (tertiary/aromatic N) is 3. The van der Waals surface area contributed by atoms with Crippen LogP contribution in [0, 0.1) is 28.9 Å². The summed E-state index contributed by atoms with van der Waals surface area (Å²) < 4.78 is 26.8. The number of aromatic nitrogens is 1. The number of halogens is 2. The summed E-state index contributed by atoms with van der Waals surface area (Å²) in [6, 6.07) is 12.9. The van der Waals surface area contributed by atoms with Gasteiger partial charge in [-0.1, -0.05) is 18.2 Å². The van der Waals surface area contributed by atoms with E-state index in [9.17, 15) is 18.8 Å². The number of anilines is 2. The van der Waals surface area contributed by atoms with E-state index in [0.717, 1.165) is 28.7 Å². The van der Waals surface area contributed by atoms with E-state index in [4.69, 9.17) is 0 Å². The van der Waals surface area contributed by atoms with Crippen molar-refractivity contribution in [3.63, 3.8) is 0 Å². The number of carbonyl (C=O) groups excluding carboxylic acids is 1. The van der Waals surface area contributed by atoms with Gasteiger partial charge in [0.1, 0.15) is 17.7 Å².